The van der Waals surface area contributed by atoms with E-state index in [0.29, 0.717) is 25.2 Å². The Kier molecular flexibility index (Phi) is 8.63. The Balaban J connectivity index is 1.31. The van der Waals surface area contributed by atoms with Gasteiger partial charge in [0.1, 0.15) is 18.1 Å². The fourth-order valence-electron chi connectivity index (χ4n) is 4.70. The van der Waals surface area contributed by atoms with E-state index in [9.17, 15) is 9.90 Å². The first-order valence-electron chi connectivity index (χ1n) is 13.8. The summed E-state index contributed by atoms with van der Waals surface area (Å²) < 4.78 is 6.01. The van der Waals surface area contributed by atoms with E-state index in [1.54, 1.807) is 6.21 Å². The van der Waals surface area contributed by atoms with Crippen LogP contribution in [0.3, 0.4) is 0 Å². The maximum absolute atomic E-state index is 12.5. The molecule has 0 atom stereocenters. The molecule has 0 spiro atoms. The van der Waals surface area contributed by atoms with E-state index in [1.165, 1.54) is 10.8 Å². The zero-order valence-electron chi connectivity index (χ0n) is 24.4. The van der Waals surface area contributed by atoms with Crippen molar-refractivity contribution in [3.63, 3.8) is 0 Å². The van der Waals surface area contributed by atoms with Crippen LogP contribution < -0.4 is 10.2 Å². The van der Waals surface area contributed by atoms with Gasteiger partial charge in [-0.15, -0.1) is 0 Å². The molecule has 0 saturated heterocycles. The van der Waals surface area contributed by atoms with Crippen molar-refractivity contribution < 1.29 is 14.6 Å². The molecule has 4 aromatic carbocycles. The summed E-state index contributed by atoms with van der Waals surface area (Å²) in [6.07, 6.45) is 2.50. The van der Waals surface area contributed by atoms with Crippen LogP contribution in [-0.2, 0) is 28.7 Å². The number of rotatable bonds is 8. The number of carbonyl (C=O) groups excluding carboxylic acids is 1. The number of benzene rings is 4. The van der Waals surface area contributed by atoms with Crippen LogP contribution in [0.15, 0.2) is 84.0 Å². The van der Waals surface area contributed by atoms with Gasteiger partial charge in [-0.3, -0.25) is 4.79 Å². The fraction of sp³-hybridized carbons (Fsp3) is 0.314. The third kappa shape index (κ3) is 7.29. The standard InChI is InChI=1S/C35H40N2O3/c1-34(2,3)30-20-25(21-31(33(30)39)35(4,5)6)16-19-32(38)37-36-22-24-14-17-28(18-15-24)40-23-27-12-9-11-26-10-7-8-13-29(26)27/h7-15,17-18,20-22,39H,16,19,23H2,1-6H3,(H,37,38)/b36-22-. The van der Waals surface area contributed by atoms with Gasteiger partial charge in [-0.2, -0.15) is 5.10 Å². The number of aromatic hydroxyl groups is 1. The highest BCUT2D eigenvalue weighted by molar-refractivity contribution is 5.85. The number of phenolic OH excluding ortho intramolecular Hbond substituents is 1. The molecule has 0 radical (unpaired) electrons. The predicted molar refractivity (Wildman–Crippen MR) is 164 cm³/mol. The molecule has 1 amide bonds. The number of nitrogens with one attached hydrogen (secondary N) is 1. The minimum atomic E-state index is -0.205. The van der Waals surface area contributed by atoms with Crippen LogP contribution >= 0.6 is 0 Å². The molecule has 0 bridgehead atoms. The summed E-state index contributed by atoms with van der Waals surface area (Å²) in [6.45, 7) is 13.0. The summed E-state index contributed by atoms with van der Waals surface area (Å²) in [5.74, 6) is 0.962. The van der Waals surface area contributed by atoms with Crippen LogP contribution in [0.5, 0.6) is 11.5 Å². The number of ether oxygens (including phenoxy) is 1. The van der Waals surface area contributed by atoms with E-state index in [2.05, 4.69) is 76.3 Å². The second kappa shape index (κ2) is 12.0. The number of phenols is 1. The number of amides is 1. The predicted octanol–water partition coefficient (Wildman–Crippen LogP) is 7.80. The minimum absolute atomic E-state index is 0.158. The number of nitrogens with zero attached hydrogens (tertiary/aromatic N) is 1. The Labute approximate surface area is 237 Å². The molecule has 5 nitrogen and oxygen atoms in total. The molecule has 208 valence electrons. The van der Waals surface area contributed by atoms with Crippen LogP contribution in [0.4, 0.5) is 0 Å². The molecule has 0 unspecified atom stereocenters. The lowest BCUT2D eigenvalue weighted by Crippen LogP contribution is -2.20. The van der Waals surface area contributed by atoms with Crippen molar-refractivity contribution in [2.75, 3.05) is 0 Å². The molecule has 0 aliphatic rings. The monoisotopic (exact) mass is 536 g/mol. The maximum Gasteiger partial charge on any atom is 0.240 e. The first-order chi connectivity index (χ1) is 18.9. The van der Waals surface area contributed by atoms with Crippen LogP contribution in [0.2, 0.25) is 0 Å². The van der Waals surface area contributed by atoms with Gasteiger partial charge in [0.15, 0.2) is 0 Å². The van der Waals surface area contributed by atoms with Crippen molar-refractivity contribution in [3.05, 3.63) is 107 Å². The fourth-order valence-corrected chi connectivity index (χ4v) is 4.70. The molecule has 0 aliphatic heterocycles. The maximum atomic E-state index is 12.5. The summed E-state index contributed by atoms with van der Waals surface area (Å²) in [5, 5.41) is 17.4. The third-order valence-corrected chi connectivity index (χ3v) is 6.98. The number of aryl methyl sites for hydroxylation is 1. The van der Waals surface area contributed by atoms with Gasteiger partial charge in [-0.25, -0.2) is 5.43 Å². The van der Waals surface area contributed by atoms with Gasteiger partial charge in [0.05, 0.1) is 6.21 Å². The molecule has 0 saturated carbocycles. The van der Waals surface area contributed by atoms with Gasteiger partial charge in [-0.1, -0.05) is 96.1 Å². The lowest BCUT2D eigenvalue weighted by molar-refractivity contribution is -0.121. The lowest BCUT2D eigenvalue weighted by atomic mass is 9.78. The first kappa shape index (κ1) is 28.9. The molecule has 4 rings (SSSR count). The zero-order valence-corrected chi connectivity index (χ0v) is 24.4. The number of carbonyl (C=O) groups is 1. The van der Waals surface area contributed by atoms with Crippen molar-refractivity contribution in [1.29, 1.82) is 0 Å². The van der Waals surface area contributed by atoms with Gasteiger partial charge in [-0.05, 0) is 80.1 Å². The van der Waals surface area contributed by atoms with Gasteiger partial charge >= 0.3 is 0 Å². The highest BCUT2D eigenvalue weighted by atomic mass is 16.5. The van der Waals surface area contributed by atoms with E-state index in [0.717, 1.165) is 33.6 Å². The molecule has 2 N–H and O–H groups in total. The molecule has 5 heteroatoms. The van der Waals surface area contributed by atoms with Gasteiger partial charge in [0.25, 0.3) is 0 Å². The smallest absolute Gasteiger partial charge is 0.240 e. The zero-order chi connectivity index (χ0) is 28.9. The van der Waals surface area contributed by atoms with Gasteiger partial charge in [0.2, 0.25) is 5.91 Å². The van der Waals surface area contributed by atoms with Crippen LogP contribution in [0, 0.1) is 0 Å². The number of hydrazone groups is 1. The van der Waals surface area contributed by atoms with Crippen molar-refractivity contribution in [1.82, 2.24) is 5.43 Å². The highest BCUT2D eigenvalue weighted by Crippen LogP contribution is 2.40. The number of hydrogen-bond acceptors (Lipinski definition) is 4. The molecule has 0 aromatic heterocycles. The molecule has 4 aromatic rings. The van der Waals surface area contributed by atoms with Crippen molar-refractivity contribution in [2.24, 2.45) is 5.10 Å². The second-order valence-electron chi connectivity index (χ2n) is 12.3. The summed E-state index contributed by atoms with van der Waals surface area (Å²) in [4.78, 5) is 12.5. The van der Waals surface area contributed by atoms with E-state index in [4.69, 9.17) is 4.74 Å². The Hall–Kier alpha value is -4.12. The van der Waals surface area contributed by atoms with E-state index >= 15 is 0 Å². The summed E-state index contributed by atoms with van der Waals surface area (Å²) in [6, 6.07) is 26.2. The van der Waals surface area contributed by atoms with Crippen LogP contribution in [0.25, 0.3) is 10.8 Å². The summed E-state index contributed by atoms with van der Waals surface area (Å²) >= 11 is 0. The Morgan fingerprint density at radius 2 is 1.50 bits per heavy atom. The molecule has 0 fully saturated rings. The van der Waals surface area contributed by atoms with E-state index in [1.807, 2.05) is 54.6 Å². The first-order valence-corrected chi connectivity index (χ1v) is 13.8. The summed E-state index contributed by atoms with van der Waals surface area (Å²) in [7, 11) is 0. The second-order valence-corrected chi connectivity index (χ2v) is 12.3. The third-order valence-electron chi connectivity index (χ3n) is 6.98. The topological polar surface area (TPSA) is 70.9 Å². The van der Waals surface area contributed by atoms with E-state index in [-0.39, 0.29) is 16.7 Å². The quantitative estimate of drug-likeness (QED) is 0.178. The average molecular weight is 537 g/mol. The van der Waals surface area contributed by atoms with Gasteiger partial charge in [0, 0.05) is 6.42 Å². The van der Waals surface area contributed by atoms with Crippen LogP contribution in [0.1, 0.15) is 75.8 Å². The molecule has 0 aliphatic carbocycles. The van der Waals surface area contributed by atoms with E-state index < -0.39 is 0 Å². The Morgan fingerprint density at radius 3 is 2.15 bits per heavy atom. The summed E-state index contributed by atoms with van der Waals surface area (Å²) in [5.41, 5.74) is 7.06. The minimum Gasteiger partial charge on any atom is -0.507 e. The number of hydrogen-bond donors (Lipinski definition) is 2. The normalized spacial score (nSPS) is 12.2. The Bertz CT molecular complexity index is 1470. The SMILES string of the molecule is CC(C)(C)c1cc(CCC(=O)N/N=C\c2ccc(OCc3cccc4ccccc34)cc2)cc(C(C)(C)C)c1O. The Morgan fingerprint density at radius 1 is 0.875 bits per heavy atom. The van der Waals surface area contributed by atoms with Crippen LogP contribution in [-0.4, -0.2) is 17.2 Å². The highest BCUT2D eigenvalue weighted by Gasteiger charge is 2.26. The molecular formula is C35H40N2O3. The molecule has 0 heterocycles. The van der Waals surface area contributed by atoms with Gasteiger partial charge < -0.3 is 9.84 Å². The van der Waals surface area contributed by atoms with Crippen molar-refractivity contribution in [2.45, 2.75) is 71.8 Å². The lowest BCUT2D eigenvalue weighted by Gasteiger charge is -2.28. The number of fused-ring (bicyclic) bond motifs is 1. The molecule has 40 heavy (non-hydrogen) atoms. The van der Waals surface area contributed by atoms with Crippen molar-refractivity contribution >= 4 is 22.9 Å². The average Bonchev–Trinajstić information content (AvgIpc) is 2.90. The largest absolute Gasteiger partial charge is 0.507 e. The van der Waals surface area contributed by atoms with Crippen molar-refractivity contribution in [3.8, 4) is 11.5 Å². The molecular weight excluding hydrogens is 496 g/mol.